The minimum atomic E-state index is -1.06. The van der Waals surface area contributed by atoms with E-state index in [1.807, 2.05) is 12.1 Å². The summed E-state index contributed by atoms with van der Waals surface area (Å²) in [4.78, 5) is 37.3. The van der Waals surface area contributed by atoms with Crippen molar-refractivity contribution in [1.29, 1.82) is 0 Å². The second kappa shape index (κ2) is 8.64. The summed E-state index contributed by atoms with van der Waals surface area (Å²) in [5.41, 5.74) is 1.96. The SMILES string of the molecule is COc1ccccc1N1CC(C(=O)Nc2ccc(OCC(=O)O)cc2C)CC1=O. The second-order valence-electron chi connectivity index (χ2n) is 6.73. The number of carboxylic acid groups (broad SMARTS) is 1. The molecule has 2 aromatic carbocycles. The average molecular weight is 398 g/mol. The van der Waals surface area contributed by atoms with Gasteiger partial charge >= 0.3 is 5.97 Å². The molecule has 1 fully saturated rings. The van der Waals surface area contributed by atoms with E-state index in [1.165, 1.54) is 7.11 Å². The molecule has 3 rings (SSSR count). The molecular formula is C21H22N2O6. The Morgan fingerprint density at radius 3 is 2.69 bits per heavy atom. The van der Waals surface area contributed by atoms with Crippen LogP contribution in [0.25, 0.3) is 0 Å². The van der Waals surface area contributed by atoms with Gasteiger partial charge in [0.15, 0.2) is 6.61 Å². The number of carbonyl (C=O) groups is 3. The average Bonchev–Trinajstić information content (AvgIpc) is 3.09. The van der Waals surface area contributed by atoms with E-state index in [9.17, 15) is 14.4 Å². The molecular weight excluding hydrogens is 376 g/mol. The van der Waals surface area contributed by atoms with Gasteiger partial charge < -0.3 is 24.8 Å². The van der Waals surface area contributed by atoms with Crippen LogP contribution in [0.5, 0.6) is 11.5 Å². The molecule has 2 N–H and O–H groups in total. The van der Waals surface area contributed by atoms with Crippen LogP contribution in [-0.2, 0) is 14.4 Å². The third kappa shape index (κ3) is 4.66. The number of aliphatic carboxylic acids is 1. The van der Waals surface area contributed by atoms with Gasteiger partial charge in [-0.1, -0.05) is 12.1 Å². The molecule has 0 spiro atoms. The normalized spacial score (nSPS) is 15.9. The Hall–Kier alpha value is -3.55. The molecule has 1 saturated heterocycles. The number of para-hydroxylation sites is 2. The number of nitrogens with one attached hydrogen (secondary N) is 1. The fourth-order valence-electron chi connectivity index (χ4n) is 3.21. The topological polar surface area (TPSA) is 105 Å². The van der Waals surface area contributed by atoms with Gasteiger partial charge in [-0.3, -0.25) is 9.59 Å². The zero-order valence-corrected chi connectivity index (χ0v) is 16.2. The van der Waals surface area contributed by atoms with Crippen LogP contribution in [0, 0.1) is 12.8 Å². The standard InChI is InChI=1S/C21H22N2O6/c1-13-9-15(29-12-20(25)26)7-8-16(13)22-21(27)14-10-19(24)23(11-14)17-5-3-4-6-18(17)28-2/h3-9,14H,10-12H2,1-2H3,(H,22,27)(H,25,26). The lowest BCUT2D eigenvalue weighted by Crippen LogP contribution is -2.28. The molecule has 2 amide bonds. The molecule has 8 heteroatoms. The first kappa shape index (κ1) is 20.2. The molecule has 1 atom stereocenters. The number of hydrogen-bond acceptors (Lipinski definition) is 5. The molecule has 1 unspecified atom stereocenters. The van der Waals surface area contributed by atoms with Crippen LogP contribution in [0.15, 0.2) is 42.5 Å². The summed E-state index contributed by atoms with van der Waals surface area (Å²) in [6.45, 7) is 1.61. The van der Waals surface area contributed by atoms with E-state index in [-0.39, 0.29) is 24.8 Å². The molecule has 29 heavy (non-hydrogen) atoms. The van der Waals surface area contributed by atoms with Gasteiger partial charge in [0.1, 0.15) is 11.5 Å². The Kier molecular flexibility index (Phi) is 6.01. The van der Waals surface area contributed by atoms with Crippen molar-refractivity contribution >= 4 is 29.2 Å². The number of carboxylic acids is 1. The van der Waals surface area contributed by atoms with Crippen LogP contribution < -0.4 is 19.7 Å². The van der Waals surface area contributed by atoms with E-state index >= 15 is 0 Å². The zero-order chi connectivity index (χ0) is 21.0. The lowest BCUT2D eigenvalue weighted by molar-refractivity contribution is -0.139. The number of methoxy groups -OCH3 is 1. The fourth-order valence-corrected chi connectivity index (χ4v) is 3.21. The quantitative estimate of drug-likeness (QED) is 0.742. The van der Waals surface area contributed by atoms with Crippen LogP contribution in [0.1, 0.15) is 12.0 Å². The maximum absolute atomic E-state index is 12.7. The van der Waals surface area contributed by atoms with Crippen molar-refractivity contribution < 1.29 is 29.0 Å². The van der Waals surface area contributed by atoms with E-state index in [4.69, 9.17) is 14.6 Å². The Balaban J connectivity index is 1.67. The number of nitrogens with zero attached hydrogens (tertiary/aromatic N) is 1. The van der Waals surface area contributed by atoms with Crippen LogP contribution in [0.4, 0.5) is 11.4 Å². The van der Waals surface area contributed by atoms with Gasteiger partial charge in [-0.05, 0) is 42.8 Å². The number of rotatable bonds is 7. The van der Waals surface area contributed by atoms with E-state index < -0.39 is 18.5 Å². The second-order valence-corrected chi connectivity index (χ2v) is 6.73. The first-order valence-electron chi connectivity index (χ1n) is 9.08. The lowest BCUT2D eigenvalue weighted by Gasteiger charge is -2.19. The van der Waals surface area contributed by atoms with E-state index in [2.05, 4.69) is 5.32 Å². The molecule has 1 aliphatic heterocycles. The molecule has 2 aromatic rings. The molecule has 0 aliphatic carbocycles. The van der Waals surface area contributed by atoms with Gasteiger partial charge in [0.2, 0.25) is 11.8 Å². The summed E-state index contributed by atoms with van der Waals surface area (Å²) in [5, 5.41) is 11.5. The predicted octanol–water partition coefficient (Wildman–Crippen LogP) is 2.46. The molecule has 0 radical (unpaired) electrons. The van der Waals surface area contributed by atoms with Gasteiger partial charge in [0.25, 0.3) is 0 Å². The minimum absolute atomic E-state index is 0.114. The monoisotopic (exact) mass is 398 g/mol. The predicted molar refractivity (Wildman–Crippen MR) is 106 cm³/mol. The summed E-state index contributed by atoms with van der Waals surface area (Å²) in [7, 11) is 1.54. The van der Waals surface area contributed by atoms with Gasteiger partial charge in [-0.25, -0.2) is 4.79 Å². The summed E-state index contributed by atoms with van der Waals surface area (Å²) in [6, 6.07) is 12.1. The largest absolute Gasteiger partial charge is 0.495 e. The van der Waals surface area contributed by atoms with Crippen molar-refractivity contribution in [2.24, 2.45) is 5.92 Å². The smallest absolute Gasteiger partial charge is 0.341 e. The third-order valence-electron chi connectivity index (χ3n) is 4.69. The lowest BCUT2D eigenvalue weighted by atomic mass is 10.1. The van der Waals surface area contributed by atoms with Crippen molar-refractivity contribution in [3.8, 4) is 11.5 Å². The number of anilines is 2. The Bertz CT molecular complexity index is 943. The molecule has 8 nitrogen and oxygen atoms in total. The molecule has 0 aromatic heterocycles. The summed E-state index contributed by atoms with van der Waals surface area (Å²) >= 11 is 0. The number of carbonyl (C=O) groups excluding carboxylic acids is 2. The molecule has 0 bridgehead atoms. The summed E-state index contributed by atoms with van der Waals surface area (Å²) < 4.78 is 10.4. The highest BCUT2D eigenvalue weighted by molar-refractivity contribution is 6.04. The highest BCUT2D eigenvalue weighted by Gasteiger charge is 2.36. The first-order chi connectivity index (χ1) is 13.9. The molecule has 152 valence electrons. The fraction of sp³-hybridized carbons (Fsp3) is 0.286. The highest BCUT2D eigenvalue weighted by atomic mass is 16.5. The Labute approximate surface area is 168 Å². The third-order valence-corrected chi connectivity index (χ3v) is 4.69. The van der Waals surface area contributed by atoms with Gasteiger partial charge in [0.05, 0.1) is 18.7 Å². The van der Waals surface area contributed by atoms with Crippen molar-refractivity contribution in [1.82, 2.24) is 0 Å². The molecule has 1 heterocycles. The maximum atomic E-state index is 12.7. The highest BCUT2D eigenvalue weighted by Crippen LogP contribution is 2.33. The Morgan fingerprint density at radius 1 is 1.24 bits per heavy atom. The van der Waals surface area contributed by atoms with Gasteiger partial charge in [-0.15, -0.1) is 0 Å². The van der Waals surface area contributed by atoms with Gasteiger partial charge in [-0.2, -0.15) is 0 Å². The Morgan fingerprint density at radius 2 is 2.00 bits per heavy atom. The van der Waals surface area contributed by atoms with Gasteiger partial charge in [0, 0.05) is 18.7 Å². The number of aryl methyl sites for hydroxylation is 1. The number of hydrogen-bond donors (Lipinski definition) is 2. The summed E-state index contributed by atoms with van der Waals surface area (Å²) in [6.07, 6.45) is 0.114. The molecule has 0 saturated carbocycles. The maximum Gasteiger partial charge on any atom is 0.341 e. The van der Waals surface area contributed by atoms with Crippen molar-refractivity contribution in [2.45, 2.75) is 13.3 Å². The van der Waals surface area contributed by atoms with Crippen molar-refractivity contribution in [3.05, 3.63) is 48.0 Å². The van der Waals surface area contributed by atoms with Crippen molar-refractivity contribution in [2.75, 3.05) is 30.5 Å². The van der Waals surface area contributed by atoms with Crippen LogP contribution >= 0.6 is 0 Å². The molecule has 1 aliphatic rings. The van der Waals surface area contributed by atoms with E-state index in [0.717, 1.165) is 5.56 Å². The van der Waals surface area contributed by atoms with Crippen molar-refractivity contribution in [3.63, 3.8) is 0 Å². The minimum Gasteiger partial charge on any atom is -0.495 e. The first-order valence-corrected chi connectivity index (χ1v) is 9.08. The zero-order valence-electron chi connectivity index (χ0n) is 16.2. The van der Waals surface area contributed by atoms with Crippen LogP contribution in [0.3, 0.4) is 0 Å². The van der Waals surface area contributed by atoms with Crippen LogP contribution in [-0.4, -0.2) is 43.2 Å². The van der Waals surface area contributed by atoms with E-state index in [0.29, 0.717) is 22.9 Å². The number of amides is 2. The number of benzene rings is 2. The van der Waals surface area contributed by atoms with E-state index in [1.54, 1.807) is 42.2 Å². The number of ether oxygens (including phenoxy) is 2. The van der Waals surface area contributed by atoms with Crippen LogP contribution in [0.2, 0.25) is 0 Å². The summed E-state index contributed by atoms with van der Waals surface area (Å²) in [5.74, 6) is -0.960.